The lowest BCUT2D eigenvalue weighted by Crippen LogP contribution is -2.18. The van der Waals surface area contributed by atoms with Crippen molar-refractivity contribution >= 4 is 68.4 Å². The Balaban J connectivity index is 1.01. The average Bonchev–Trinajstić information content (AvgIpc) is 3.60. The quantitative estimate of drug-likeness (QED) is 0.173. The molecule has 2 heterocycles. The van der Waals surface area contributed by atoms with Crippen LogP contribution in [-0.4, -0.2) is 0 Å². The molecule has 0 spiro atoms. The fourth-order valence-electron chi connectivity index (χ4n) is 10.1. The topological polar surface area (TPSA) is 6.48 Å². The summed E-state index contributed by atoms with van der Waals surface area (Å²) < 4.78 is 0. The van der Waals surface area contributed by atoms with Gasteiger partial charge in [-0.2, -0.15) is 0 Å². The highest BCUT2D eigenvalue weighted by atomic mass is 32.2. The van der Waals surface area contributed by atoms with E-state index in [0.717, 1.165) is 0 Å². The molecule has 8 aromatic rings. The monoisotopic (exact) mass is 754 g/mol. The van der Waals surface area contributed by atoms with E-state index in [9.17, 15) is 0 Å². The van der Waals surface area contributed by atoms with Gasteiger partial charge in [-0.25, -0.2) is 0 Å². The summed E-state index contributed by atoms with van der Waals surface area (Å²) in [6.07, 6.45) is 0. The summed E-state index contributed by atoms with van der Waals surface area (Å²) in [5.74, 6) is 0. The Morgan fingerprint density at radius 1 is 0.357 bits per heavy atom. The maximum Gasteiger partial charge on any atom is 0.0601 e. The standard InChI is InChI=1S/C52H38N2S2/c1-51(2)37-27-25-34-33(49(37)35-23-21-31(29-39(35)51)53-41-13-5-9-17-45(41)55-46-18-10-6-14-42(46)53)26-28-38-50(34)36-24-22-32(30-40(36)52(38,3)4)54-43-15-7-11-19-47(43)56-48-20-12-8-16-44(48)54/h5-30H,1-4H3. The van der Waals surface area contributed by atoms with Crippen LogP contribution >= 0.6 is 23.5 Å². The second kappa shape index (κ2) is 11.4. The highest BCUT2D eigenvalue weighted by Crippen LogP contribution is 2.59. The second-order valence-corrected chi connectivity index (χ2v) is 18.7. The Labute approximate surface area is 336 Å². The van der Waals surface area contributed by atoms with E-state index in [1.807, 2.05) is 23.5 Å². The molecule has 0 unspecified atom stereocenters. The summed E-state index contributed by atoms with van der Waals surface area (Å²) in [5, 5.41) is 2.68. The van der Waals surface area contributed by atoms with E-state index in [4.69, 9.17) is 0 Å². The van der Waals surface area contributed by atoms with Crippen molar-refractivity contribution in [3.63, 3.8) is 0 Å². The Morgan fingerprint density at radius 3 is 1.05 bits per heavy atom. The summed E-state index contributed by atoms with van der Waals surface area (Å²) in [6, 6.07) is 59.3. The van der Waals surface area contributed by atoms with Gasteiger partial charge in [0.1, 0.15) is 0 Å². The van der Waals surface area contributed by atoms with E-state index in [1.54, 1.807) is 0 Å². The van der Waals surface area contributed by atoms with E-state index < -0.39 is 0 Å². The summed E-state index contributed by atoms with van der Waals surface area (Å²) in [6.45, 7) is 9.63. The zero-order valence-electron chi connectivity index (χ0n) is 31.7. The van der Waals surface area contributed by atoms with Gasteiger partial charge in [0.2, 0.25) is 0 Å². The van der Waals surface area contributed by atoms with E-state index in [2.05, 4.69) is 195 Å². The lowest BCUT2D eigenvalue weighted by atomic mass is 9.80. The molecule has 0 amide bonds. The summed E-state index contributed by atoms with van der Waals surface area (Å²) >= 11 is 3.72. The molecule has 2 nitrogen and oxygen atoms in total. The van der Waals surface area contributed by atoms with Crippen molar-refractivity contribution in [1.82, 2.24) is 0 Å². The molecule has 0 fully saturated rings. The minimum Gasteiger partial charge on any atom is -0.308 e. The molecule has 12 rings (SSSR count). The van der Waals surface area contributed by atoms with Crippen molar-refractivity contribution in [2.75, 3.05) is 9.80 Å². The Kier molecular flexibility index (Phi) is 6.65. The lowest BCUT2D eigenvalue weighted by Gasteiger charge is -2.33. The summed E-state index contributed by atoms with van der Waals surface area (Å²) in [4.78, 5) is 10.1. The minimum absolute atomic E-state index is 0.150. The smallest absolute Gasteiger partial charge is 0.0601 e. The van der Waals surface area contributed by atoms with Crippen molar-refractivity contribution in [2.24, 2.45) is 0 Å². The summed E-state index contributed by atoms with van der Waals surface area (Å²) in [7, 11) is 0. The number of rotatable bonds is 2. The van der Waals surface area contributed by atoms with Crippen LogP contribution in [0.2, 0.25) is 0 Å². The molecule has 0 saturated heterocycles. The number of hydrogen-bond donors (Lipinski definition) is 0. The first-order valence-electron chi connectivity index (χ1n) is 19.5. The highest BCUT2D eigenvalue weighted by Gasteiger charge is 2.41. The molecule has 56 heavy (non-hydrogen) atoms. The molecule has 0 atom stereocenters. The molecule has 2 aliphatic carbocycles. The molecule has 268 valence electrons. The van der Waals surface area contributed by atoms with Gasteiger partial charge in [0, 0.05) is 41.8 Å². The van der Waals surface area contributed by atoms with Gasteiger partial charge in [0.25, 0.3) is 0 Å². The van der Waals surface area contributed by atoms with Crippen LogP contribution < -0.4 is 9.80 Å². The maximum absolute atomic E-state index is 2.47. The van der Waals surface area contributed by atoms with Gasteiger partial charge < -0.3 is 9.80 Å². The second-order valence-electron chi connectivity index (χ2n) is 16.5. The van der Waals surface area contributed by atoms with Gasteiger partial charge in [-0.15, -0.1) is 0 Å². The van der Waals surface area contributed by atoms with Gasteiger partial charge in [0.15, 0.2) is 0 Å². The van der Waals surface area contributed by atoms with Crippen LogP contribution in [0.3, 0.4) is 0 Å². The Hall–Kier alpha value is -5.68. The van der Waals surface area contributed by atoms with Crippen LogP contribution in [0.4, 0.5) is 34.1 Å². The van der Waals surface area contributed by atoms with Crippen molar-refractivity contribution in [1.29, 1.82) is 0 Å². The SMILES string of the molecule is CC1(C)c2cc(N3c4ccccc4Sc4ccccc43)ccc2-c2c1ccc1c3c(ccc21)C(C)(C)c1cc(N2c4ccccc4Sc4ccccc42)ccc1-3. The molecule has 4 heteroatoms. The highest BCUT2D eigenvalue weighted by molar-refractivity contribution is 8.00. The van der Waals surface area contributed by atoms with Gasteiger partial charge in [-0.1, -0.05) is 136 Å². The van der Waals surface area contributed by atoms with E-state index in [-0.39, 0.29) is 10.8 Å². The number of hydrogen-bond acceptors (Lipinski definition) is 4. The van der Waals surface area contributed by atoms with Crippen molar-refractivity contribution in [3.05, 3.63) is 180 Å². The predicted octanol–water partition coefficient (Wildman–Crippen LogP) is 15.3. The van der Waals surface area contributed by atoms with Crippen LogP contribution in [0, 0.1) is 0 Å². The van der Waals surface area contributed by atoms with Crippen LogP contribution in [0.25, 0.3) is 33.0 Å². The molecule has 0 bridgehead atoms. The minimum atomic E-state index is -0.150. The fraction of sp³-hybridized carbons (Fsp3) is 0.115. The largest absolute Gasteiger partial charge is 0.308 e. The zero-order valence-corrected chi connectivity index (χ0v) is 33.4. The van der Waals surface area contributed by atoms with Crippen LogP contribution in [0.5, 0.6) is 0 Å². The van der Waals surface area contributed by atoms with Crippen molar-refractivity contribution in [2.45, 2.75) is 58.1 Å². The average molecular weight is 755 g/mol. The summed E-state index contributed by atoms with van der Waals surface area (Å²) in [5.41, 5.74) is 18.1. The molecule has 0 radical (unpaired) electrons. The number of anilines is 6. The molecular formula is C52H38N2S2. The molecule has 0 N–H and O–H groups in total. The Morgan fingerprint density at radius 2 is 0.696 bits per heavy atom. The number of nitrogens with zero attached hydrogens (tertiary/aromatic N) is 2. The normalized spacial score (nSPS) is 15.9. The van der Waals surface area contributed by atoms with E-state index in [1.165, 1.54) is 109 Å². The zero-order chi connectivity index (χ0) is 37.5. The number of benzene rings is 8. The molecule has 4 aliphatic rings. The predicted molar refractivity (Wildman–Crippen MR) is 237 cm³/mol. The Bertz CT molecular complexity index is 2720. The van der Waals surface area contributed by atoms with E-state index in [0.29, 0.717) is 0 Å². The molecular weight excluding hydrogens is 717 g/mol. The maximum atomic E-state index is 2.47. The van der Waals surface area contributed by atoms with Gasteiger partial charge >= 0.3 is 0 Å². The third-order valence-corrected chi connectivity index (χ3v) is 15.1. The van der Waals surface area contributed by atoms with Crippen LogP contribution in [0.1, 0.15) is 49.9 Å². The first kappa shape index (κ1) is 32.6. The molecule has 2 aliphatic heterocycles. The molecule has 0 aromatic heterocycles. The first-order chi connectivity index (χ1) is 27.3. The van der Waals surface area contributed by atoms with Gasteiger partial charge in [-0.05, 0) is 128 Å². The molecule has 8 aromatic carbocycles. The number of para-hydroxylation sites is 4. The van der Waals surface area contributed by atoms with Crippen molar-refractivity contribution in [3.8, 4) is 22.3 Å². The van der Waals surface area contributed by atoms with Crippen LogP contribution in [0.15, 0.2) is 177 Å². The lowest BCUT2D eigenvalue weighted by molar-refractivity contribution is 0.660. The van der Waals surface area contributed by atoms with E-state index >= 15 is 0 Å². The van der Waals surface area contributed by atoms with Gasteiger partial charge in [0.05, 0.1) is 22.7 Å². The van der Waals surface area contributed by atoms with Crippen LogP contribution in [-0.2, 0) is 10.8 Å². The third-order valence-electron chi connectivity index (χ3n) is 12.8. The van der Waals surface area contributed by atoms with Crippen molar-refractivity contribution < 1.29 is 0 Å². The number of fused-ring (bicyclic) bond motifs is 13. The first-order valence-corrected chi connectivity index (χ1v) is 21.1. The third kappa shape index (κ3) is 4.32. The molecule has 0 saturated carbocycles. The van der Waals surface area contributed by atoms with Gasteiger partial charge in [-0.3, -0.25) is 0 Å². The fourth-order valence-corrected chi connectivity index (χ4v) is 12.2.